The summed E-state index contributed by atoms with van der Waals surface area (Å²) in [5.74, 6) is -1.18. The molecule has 0 saturated heterocycles. The number of nitrogens with zero attached hydrogens (tertiary/aromatic N) is 2. The Morgan fingerprint density at radius 2 is 1.68 bits per heavy atom. The minimum atomic E-state index is -0.592. The summed E-state index contributed by atoms with van der Waals surface area (Å²) < 4.78 is 9.52. The molecular weight excluding hydrogens is 412 g/mol. The fourth-order valence-corrected chi connectivity index (χ4v) is 3.92. The van der Waals surface area contributed by atoms with Gasteiger partial charge in [0.2, 0.25) is 0 Å². The van der Waals surface area contributed by atoms with E-state index in [-0.39, 0.29) is 11.1 Å². The van der Waals surface area contributed by atoms with Crippen molar-refractivity contribution in [1.29, 1.82) is 5.26 Å². The van der Waals surface area contributed by atoms with E-state index in [1.54, 1.807) is 18.2 Å². The quantitative estimate of drug-likeness (QED) is 0.413. The Labute approximate surface area is 184 Å². The second kappa shape index (κ2) is 9.37. The number of ether oxygens (including phenoxy) is 2. The number of thiazole rings is 1. The van der Waals surface area contributed by atoms with E-state index < -0.39 is 11.9 Å². The first-order valence-corrected chi connectivity index (χ1v) is 10.2. The number of hydrogen-bond donors (Lipinski definition) is 0. The van der Waals surface area contributed by atoms with Crippen LogP contribution in [0.5, 0.6) is 0 Å². The van der Waals surface area contributed by atoms with Gasteiger partial charge in [-0.2, -0.15) is 5.26 Å². The molecule has 3 aromatic rings. The Bertz CT molecular complexity index is 1200. The third-order valence-electron chi connectivity index (χ3n) is 4.62. The first-order valence-electron chi connectivity index (χ1n) is 9.33. The van der Waals surface area contributed by atoms with Gasteiger partial charge in [-0.05, 0) is 49.2 Å². The Morgan fingerprint density at radius 3 is 2.23 bits per heavy atom. The van der Waals surface area contributed by atoms with Crippen molar-refractivity contribution >= 4 is 34.9 Å². The number of methoxy groups -OCH3 is 2. The molecular formula is C24H20N2O4S. The molecule has 3 rings (SSSR count). The molecule has 1 heterocycles. The van der Waals surface area contributed by atoms with Crippen LogP contribution in [-0.4, -0.2) is 31.1 Å². The zero-order valence-electron chi connectivity index (χ0n) is 17.6. The molecule has 31 heavy (non-hydrogen) atoms. The van der Waals surface area contributed by atoms with Crippen LogP contribution in [0.25, 0.3) is 22.9 Å². The highest BCUT2D eigenvalue weighted by molar-refractivity contribution is 7.11. The number of aryl methyl sites for hydroxylation is 2. The van der Waals surface area contributed by atoms with Crippen LogP contribution in [0, 0.1) is 25.2 Å². The van der Waals surface area contributed by atoms with E-state index in [0.29, 0.717) is 16.1 Å². The second-order valence-electron chi connectivity index (χ2n) is 6.85. The van der Waals surface area contributed by atoms with E-state index in [0.717, 1.165) is 16.8 Å². The van der Waals surface area contributed by atoms with E-state index >= 15 is 0 Å². The molecule has 0 atom stereocenters. The van der Waals surface area contributed by atoms with Gasteiger partial charge in [-0.3, -0.25) is 0 Å². The number of nitriles is 1. The molecule has 0 bridgehead atoms. The van der Waals surface area contributed by atoms with E-state index in [1.165, 1.54) is 37.2 Å². The number of carbonyl (C=O) groups is 2. The molecule has 0 saturated carbocycles. The first kappa shape index (κ1) is 21.9. The predicted molar refractivity (Wildman–Crippen MR) is 120 cm³/mol. The third-order valence-corrected chi connectivity index (χ3v) is 5.50. The van der Waals surface area contributed by atoms with Crippen molar-refractivity contribution in [3.63, 3.8) is 0 Å². The lowest BCUT2D eigenvalue weighted by Crippen LogP contribution is -2.07. The minimum absolute atomic E-state index is 0.184. The molecule has 6 nitrogen and oxygen atoms in total. The van der Waals surface area contributed by atoms with Crippen molar-refractivity contribution in [3.8, 4) is 17.3 Å². The van der Waals surface area contributed by atoms with Crippen molar-refractivity contribution in [2.45, 2.75) is 13.8 Å². The Morgan fingerprint density at radius 1 is 1.03 bits per heavy atom. The molecule has 0 aliphatic carbocycles. The van der Waals surface area contributed by atoms with E-state index in [9.17, 15) is 14.9 Å². The van der Waals surface area contributed by atoms with Crippen molar-refractivity contribution in [3.05, 3.63) is 74.6 Å². The third kappa shape index (κ3) is 4.87. The van der Waals surface area contributed by atoms with Gasteiger partial charge in [-0.1, -0.05) is 23.8 Å². The fourth-order valence-electron chi connectivity index (χ4n) is 3.14. The van der Waals surface area contributed by atoms with Crippen molar-refractivity contribution in [2.24, 2.45) is 0 Å². The SMILES string of the molecule is COC(=O)c1cc(C=C(C#N)c2nc(-c3ccc(C)cc3C)cs2)cc(C(=O)OC)c1. The largest absolute Gasteiger partial charge is 0.465 e. The molecule has 0 spiro atoms. The number of allylic oxidation sites excluding steroid dienone is 1. The van der Waals surface area contributed by atoms with Crippen LogP contribution in [0.2, 0.25) is 0 Å². The summed E-state index contributed by atoms with van der Waals surface area (Å²) in [6, 6.07) is 12.8. The molecule has 156 valence electrons. The summed E-state index contributed by atoms with van der Waals surface area (Å²) in [6.45, 7) is 4.06. The smallest absolute Gasteiger partial charge is 0.337 e. The second-order valence-corrected chi connectivity index (χ2v) is 7.71. The van der Waals surface area contributed by atoms with E-state index in [1.807, 2.05) is 31.4 Å². The van der Waals surface area contributed by atoms with E-state index in [2.05, 4.69) is 17.1 Å². The summed E-state index contributed by atoms with van der Waals surface area (Å²) in [5.41, 5.74) is 5.24. The van der Waals surface area contributed by atoms with Gasteiger partial charge in [0, 0.05) is 10.9 Å². The highest BCUT2D eigenvalue weighted by Gasteiger charge is 2.15. The Balaban J connectivity index is 2.04. The maximum absolute atomic E-state index is 12.0. The number of aromatic nitrogens is 1. The molecule has 0 radical (unpaired) electrons. The van der Waals surface area contributed by atoms with Gasteiger partial charge in [-0.25, -0.2) is 14.6 Å². The standard InChI is InChI=1S/C24H20N2O4S/c1-14-5-6-20(15(2)7-14)21-13-31-22(26-21)19(12-25)10-16-8-17(23(27)29-3)11-18(9-16)24(28)30-4/h5-11,13H,1-4H3. The number of hydrogen-bond acceptors (Lipinski definition) is 7. The lowest BCUT2D eigenvalue weighted by molar-refractivity contribution is 0.0599. The maximum Gasteiger partial charge on any atom is 0.337 e. The Hall–Kier alpha value is -3.76. The van der Waals surface area contributed by atoms with Gasteiger partial charge in [0.25, 0.3) is 0 Å². The highest BCUT2D eigenvalue weighted by Crippen LogP contribution is 2.29. The van der Waals surface area contributed by atoms with Crippen molar-refractivity contribution in [2.75, 3.05) is 14.2 Å². The van der Waals surface area contributed by atoms with Crippen molar-refractivity contribution < 1.29 is 19.1 Å². The minimum Gasteiger partial charge on any atom is -0.465 e. The van der Waals surface area contributed by atoms with Crippen LogP contribution in [0.1, 0.15) is 42.4 Å². The van der Waals surface area contributed by atoms with Crippen molar-refractivity contribution in [1.82, 2.24) is 4.98 Å². The molecule has 0 amide bonds. The topological polar surface area (TPSA) is 89.3 Å². The van der Waals surface area contributed by atoms with Crippen LogP contribution in [0.15, 0.2) is 41.8 Å². The van der Waals surface area contributed by atoms with Crippen LogP contribution in [0.3, 0.4) is 0 Å². The zero-order chi connectivity index (χ0) is 22.5. The van der Waals surface area contributed by atoms with Gasteiger partial charge >= 0.3 is 11.9 Å². The number of benzene rings is 2. The fraction of sp³-hybridized carbons (Fsp3) is 0.167. The van der Waals surface area contributed by atoms with Gasteiger partial charge < -0.3 is 9.47 Å². The average molecular weight is 433 g/mol. The van der Waals surface area contributed by atoms with Crippen LogP contribution in [0.4, 0.5) is 0 Å². The van der Waals surface area contributed by atoms with Crippen LogP contribution < -0.4 is 0 Å². The maximum atomic E-state index is 12.0. The molecule has 0 fully saturated rings. The van der Waals surface area contributed by atoms with Crippen LogP contribution >= 0.6 is 11.3 Å². The Kier molecular flexibility index (Phi) is 6.63. The molecule has 0 aliphatic rings. The summed E-state index contributed by atoms with van der Waals surface area (Å²) in [7, 11) is 2.51. The van der Waals surface area contributed by atoms with Gasteiger partial charge in [0.05, 0.1) is 36.6 Å². The van der Waals surface area contributed by atoms with Crippen LogP contribution in [-0.2, 0) is 9.47 Å². The highest BCUT2D eigenvalue weighted by atomic mass is 32.1. The number of esters is 2. The summed E-state index contributed by atoms with van der Waals surface area (Å²) >= 11 is 1.35. The number of rotatable bonds is 5. The summed E-state index contributed by atoms with van der Waals surface area (Å²) in [5, 5.41) is 12.2. The van der Waals surface area contributed by atoms with Gasteiger partial charge in [0.15, 0.2) is 0 Å². The lowest BCUT2D eigenvalue weighted by Gasteiger charge is -2.06. The average Bonchev–Trinajstić information content (AvgIpc) is 3.25. The molecule has 0 unspecified atom stereocenters. The molecule has 2 aromatic carbocycles. The first-order chi connectivity index (χ1) is 14.9. The molecule has 0 N–H and O–H groups in total. The van der Waals surface area contributed by atoms with E-state index in [4.69, 9.17) is 9.47 Å². The number of carbonyl (C=O) groups excluding carboxylic acids is 2. The van der Waals surface area contributed by atoms with Gasteiger partial charge in [-0.15, -0.1) is 11.3 Å². The summed E-state index contributed by atoms with van der Waals surface area (Å²) in [6.07, 6.45) is 1.59. The normalized spacial score (nSPS) is 11.0. The molecule has 7 heteroatoms. The summed E-state index contributed by atoms with van der Waals surface area (Å²) in [4.78, 5) is 28.6. The van der Waals surface area contributed by atoms with Gasteiger partial charge in [0.1, 0.15) is 11.1 Å². The lowest BCUT2D eigenvalue weighted by atomic mass is 10.0. The monoisotopic (exact) mass is 432 g/mol. The molecule has 1 aromatic heterocycles. The molecule has 0 aliphatic heterocycles. The predicted octanol–water partition coefficient (Wildman–Crippen LogP) is 5.06. The zero-order valence-corrected chi connectivity index (χ0v) is 18.4.